The Bertz CT molecular complexity index is 499. The zero-order chi connectivity index (χ0) is 12.3. The molecule has 1 aromatic heterocycles. The summed E-state index contributed by atoms with van der Waals surface area (Å²) >= 11 is 4.99. The second-order valence-electron chi connectivity index (χ2n) is 3.66. The molecule has 0 saturated heterocycles. The third-order valence-corrected chi connectivity index (χ3v) is 3.75. The van der Waals surface area contributed by atoms with Crippen molar-refractivity contribution in [2.75, 3.05) is 0 Å². The molecule has 2 aromatic rings. The third-order valence-electron chi connectivity index (χ3n) is 2.28. The Morgan fingerprint density at radius 2 is 1.94 bits per heavy atom. The number of hydrogen-bond acceptors (Lipinski definition) is 3. The van der Waals surface area contributed by atoms with Crippen LogP contribution in [0, 0.1) is 0 Å². The third kappa shape index (κ3) is 3.56. The van der Waals surface area contributed by atoms with Crippen LogP contribution in [0.15, 0.2) is 57.0 Å². The van der Waals surface area contributed by atoms with E-state index in [0.29, 0.717) is 0 Å². The summed E-state index contributed by atoms with van der Waals surface area (Å²) in [6.45, 7) is 1.75. The van der Waals surface area contributed by atoms with Crippen molar-refractivity contribution < 1.29 is 5.11 Å². The quantitative estimate of drug-likeness (QED) is 0.928. The highest BCUT2D eigenvalue weighted by Gasteiger charge is 2.04. The molecule has 0 spiro atoms. The molecule has 0 amide bonds. The van der Waals surface area contributed by atoms with Gasteiger partial charge in [0.2, 0.25) is 0 Å². The van der Waals surface area contributed by atoms with Crippen molar-refractivity contribution in [2.45, 2.75) is 22.9 Å². The highest BCUT2D eigenvalue weighted by Crippen LogP contribution is 2.28. The number of aliphatic hydroxyl groups excluding tert-OH is 1. The largest absolute Gasteiger partial charge is 0.389 e. The lowest BCUT2D eigenvalue weighted by Crippen LogP contribution is -1.92. The number of nitrogens with zero attached hydrogens (tertiary/aromatic N) is 1. The molecule has 1 aromatic carbocycles. The number of pyridine rings is 1. The van der Waals surface area contributed by atoms with Gasteiger partial charge >= 0.3 is 0 Å². The Hall–Kier alpha value is -0.840. The van der Waals surface area contributed by atoms with Gasteiger partial charge < -0.3 is 5.11 Å². The molecule has 0 aliphatic carbocycles. The fraction of sp³-hybridized carbons (Fsp3) is 0.154. The van der Waals surface area contributed by atoms with Crippen LogP contribution in [-0.2, 0) is 0 Å². The SMILES string of the molecule is C[C@H](O)c1ccnc(Sc2ccc(Br)cc2)c1. The van der Waals surface area contributed by atoms with Gasteiger partial charge in [-0.1, -0.05) is 27.7 Å². The van der Waals surface area contributed by atoms with Gasteiger partial charge in [-0.05, 0) is 48.9 Å². The monoisotopic (exact) mass is 309 g/mol. The van der Waals surface area contributed by atoms with E-state index in [1.807, 2.05) is 36.4 Å². The summed E-state index contributed by atoms with van der Waals surface area (Å²) in [7, 11) is 0. The normalized spacial score (nSPS) is 12.4. The average Bonchev–Trinajstić information content (AvgIpc) is 2.32. The first-order valence-corrected chi connectivity index (χ1v) is 6.83. The summed E-state index contributed by atoms with van der Waals surface area (Å²) in [6, 6.07) is 11.8. The number of rotatable bonds is 3. The number of benzene rings is 1. The van der Waals surface area contributed by atoms with E-state index in [1.54, 1.807) is 24.9 Å². The summed E-state index contributed by atoms with van der Waals surface area (Å²) < 4.78 is 1.06. The molecule has 0 radical (unpaired) electrons. The number of aromatic nitrogens is 1. The van der Waals surface area contributed by atoms with Gasteiger partial charge in [0.1, 0.15) is 5.03 Å². The Kier molecular flexibility index (Phi) is 4.20. The van der Waals surface area contributed by atoms with Crippen molar-refractivity contribution in [1.29, 1.82) is 0 Å². The molecule has 1 heterocycles. The summed E-state index contributed by atoms with van der Waals surface area (Å²) in [5.74, 6) is 0. The fourth-order valence-electron chi connectivity index (χ4n) is 1.36. The Labute approximate surface area is 113 Å². The van der Waals surface area contributed by atoms with E-state index < -0.39 is 6.10 Å². The molecule has 88 valence electrons. The van der Waals surface area contributed by atoms with Crippen LogP contribution in [-0.4, -0.2) is 10.1 Å². The molecule has 17 heavy (non-hydrogen) atoms. The van der Waals surface area contributed by atoms with E-state index in [1.165, 1.54) is 0 Å². The first-order chi connectivity index (χ1) is 8.15. The van der Waals surface area contributed by atoms with E-state index in [4.69, 9.17) is 0 Å². The topological polar surface area (TPSA) is 33.1 Å². The smallest absolute Gasteiger partial charge is 0.101 e. The van der Waals surface area contributed by atoms with E-state index in [-0.39, 0.29) is 0 Å². The van der Waals surface area contributed by atoms with Gasteiger partial charge in [0, 0.05) is 15.6 Å². The van der Waals surface area contributed by atoms with E-state index in [0.717, 1.165) is 20.0 Å². The van der Waals surface area contributed by atoms with Crippen molar-refractivity contribution in [3.63, 3.8) is 0 Å². The highest BCUT2D eigenvalue weighted by molar-refractivity contribution is 9.10. The molecule has 0 bridgehead atoms. The van der Waals surface area contributed by atoms with Gasteiger partial charge in [-0.3, -0.25) is 0 Å². The number of aliphatic hydroxyl groups is 1. The zero-order valence-corrected chi connectivity index (χ0v) is 11.7. The molecule has 4 heteroatoms. The maximum Gasteiger partial charge on any atom is 0.101 e. The average molecular weight is 310 g/mol. The predicted octanol–water partition coefficient (Wildman–Crippen LogP) is 4.05. The van der Waals surface area contributed by atoms with Gasteiger partial charge in [0.15, 0.2) is 0 Å². The standard InChI is InChI=1S/C13H12BrNOS/c1-9(16)10-6-7-15-13(8-10)17-12-4-2-11(14)3-5-12/h2-9,16H,1H3/t9-/m0/s1. The van der Waals surface area contributed by atoms with Crippen molar-refractivity contribution in [3.8, 4) is 0 Å². The maximum atomic E-state index is 9.51. The minimum absolute atomic E-state index is 0.456. The van der Waals surface area contributed by atoms with Gasteiger partial charge in [0.05, 0.1) is 6.10 Å². The summed E-state index contributed by atoms with van der Waals surface area (Å²) in [5, 5.41) is 10.4. The van der Waals surface area contributed by atoms with Crippen LogP contribution in [0.1, 0.15) is 18.6 Å². The molecular formula is C13H12BrNOS. The molecule has 1 atom stereocenters. The zero-order valence-electron chi connectivity index (χ0n) is 9.30. The fourth-order valence-corrected chi connectivity index (χ4v) is 2.45. The Morgan fingerprint density at radius 1 is 1.24 bits per heavy atom. The molecule has 2 nitrogen and oxygen atoms in total. The number of hydrogen-bond donors (Lipinski definition) is 1. The minimum atomic E-state index is -0.456. The van der Waals surface area contributed by atoms with Crippen LogP contribution in [0.4, 0.5) is 0 Å². The predicted molar refractivity (Wildman–Crippen MR) is 73.1 cm³/mol. The molecule has 1 N–H and O–H groups in total. The van der Waals surface area contributed by atoms with Crippen LogP contribution in [0.2, 0.25) is 0 Å². The van der Waals surface area contributed by atoms with Gasteiger partial charge in [-0.2, -0.15) is 0 Å². The minimum Gasteiger partial charge on any atom is -0.389 e. The lowest BCUT2D eigenvalue weighted by atomic mass is 10.2. The molecule has 0 saturated carbocycles. The molecule has 0 aliphatic heterocycles. The van der Waals surface area contributed by atoms with Crippen LogP contribution in [0.3, 0.4) is 0 Å². The second kappa shape index (κ2) is 5.67. The summed E-state index contributed by atoms with van der Waals surface area (Å²) in [4.78, 5) is 5.41. The second-order valence-corrected chi connectivity index (χ2v) is 5.67. The molecule has 0 unspecified atom stereocenters. The van der Waals surface area contributed by atoms with Gasteiger partial charge in [0.25, 0.3) is 0 Å². The van der Waals surface area contributed by atoms with E-state index >= 15 is 0 Å². The van der Waals surface area contributed by atoms with E-state index in [2.05, 4.69) is 20.9 Å². The molecule has 0 aliphatic rings. The summed E-state index contributed by atoms with van der Waals surface area (Å²) in [5.41, 5.74) is 0.889. The van der Waals surface area contributed by atoms with Gasteiger partial charge in [-0.25, -0.2) is 4.98 Å². The highest BCUT2D eigenvalue weighted by atomic mass is 79.9. The van der Waals surface area contributed by atoms with Crippen LogP contribution >= 0.6 is 27.7 Å². The van der Waals surface area contributed by atoms with E-state index in [9.17, 15) is 5.11 Å². The van der Waals surface area contributed by atoms with Crippen molar-refractivity contribution >= 4 is 27.7 Å². The van der Waals surface area contributed by atoms with Crippen molar-refractivity contribution in [1.82, 2.24) is 4.98 Å². The lowest BCUT2D eigenvalue weighted by Gasteiger charge is -2.06. The molecule has 2 rings (SSSR count). The molecule has 0 fully saturated rings. The Balaban J connectivity index is 2.18. The molecular weight excluding hydrogens is 298 g/mol. The first-order valence-electron chi connectivity index (χ1n) is 5.22. The van der Waals surface area contributed by atoms with Crippen LogP contribution < -0.4 is 0 Å². The van der Waals surface area contributed by atoms with Crippen LogP contribution in [0.25, 0.3) is 0 Å². The first kappa shape index (κ1) is 12.6. The van der Waals surface area contributed by atoms with Crippen molar-refractivity contribution in [2.24, 2.45) is 0 Å². The lowest BCUT2D eigenvalue weighted by molar-refractivity contribution is 0.199. The van der Waals surface area contributed by atoms with Crippen LogP contribution in [0.5, 0.6) is 0 Å². The number of halogens is 1. The maximum absolute atomic E-state index is 9.51. The summed E-state index contributed by atoms with van der Waals surface area (Å²) in [6.07, 6.45) is 1.27. The van der Waals surface area contributed by atoms with Crippen molar-refractivity contribution in [3.05, 3.63) is 52.6 Å². The van der Waals surface area contributed by atoms with Gasteiger partial charge in [-0.15, -0.1) is 0 Å². The Morgan fingerprint density at radius 3 is 2.59 bits per heavy atom.